The van der Waals surface area contributed by atoms with Crippen molar-refractivity contribution in [2.24, 2.45) is 0 Å². The summed E-state index contributed by atoms with van der Waals surface area (Å²) < 4.78 is 24.1. The monoisotopic (exact) mass is 467 g/mol. The number of thiophene rings is 1. The van der Waals surface area contributed by atoms with Gasteiger partial charge in [0.25, 0.3) is 0 Å². The molecule has 162 valence electrons. The number of benzene rings is 2. The van der Waals surface area contributed by atoms with E-state index in [1.54, 1.807) is 12.1 Å². The Morgan fingerprint density at radius 2 is 2.00 bits per heavy atom. The molecule has 1 aliphatic rings. The summed E-state index contributed by atoms with van der Waals surface area (Å²) in [6, 6.07) is 11.9. The molecule has 1 unspecified atom stereocenters. The number of hydrogen-bond donors (Lipinski definition) is 1. The van der Waals surface area contributed by atoms with Crippen LogP contribution in [0.3, 0.4) is 0 Å². The predicted molar refractivity (Wildman–Crippen MR) is 123 cm³/mol. The first-order chi connectivity index (χ1) is 15.6. The number of rotatable bonds is 6. The van der Waals surface area contributed by atoms with E-state index in [0.29, 0.717) is 18.0 Å². The quantitative estimate of drug-likeness (QED) is 0.317. The largest absolute Gasteiger partial charge is 0.454 e. The number of nitrogens with one attached hydrogen (secondary N) is 1. The standard InChI is InChI=1S/C23H18FN3O3S2/c1-13(21(28)25-9-14-2-7-18-19(8-14)30-12-29-18)32-23-20-17(10-31-22(20)26-11-27-23)15-3-5-16(24)6-4-15/h2-8,10-11,13H,9,12H2,1H3,(H,25,28). The molecule has 2 aromatic carbocycles. The summed E-state index contributed by atoms with van der Waals surface area (Å²) in [7, 11) is 0. The highest BCUT2D eigenvalue weighted by atomic mass is 32.2. The third kappa shape index (κ3) is 4.13. The van der Waals surface area contributed by atoms with Crippen molar-refractivity contribution in [1.82, 2.24) is 15.3 Å². The van der Waals surface area contributed by atoms with E-state index in [1.807, 2.05) is 30.5 Å². The molecule has 1 aliphatic heterocycles. The van der Waals surface area contributed by atoms with Gasteiger partial charge in [-0.2, -0.15) is 0 Å². The number of aromatic nitrogens is 2. The van der Waals surface area contributed by atoms with Gasteiger partial charge in [-0.15, -0.1) is 11.3 Å². The van der Waals surface area contributed by atoms with Crippen LogP contribution in [0, 0.1) is 5.82 Å². The van der Waals surface area contributed by atoms with Gasteiger partial charge in [0.2, 0.25) is 12.7 Å². The van der Waals surface area contributed by atoms with E-state index >= 15 is 0 Å². The topological polar surface area (TPSA) is 73.3 Å². The maximum absolute atomic E-state index is 13.4. The van der Waals surface area contributed by atoms with Crippen LogP contribution in [0.2, 0.25) is 0 Å². The predicted octanol–water partition coefficient (Wildman–Crippen LogP) is 5.02. The highest BCUT2D eigenvalue weighted by Gasteiger charge is 2.20. The molecule has 9 heteroatoms. The van der Waals surface area contributed by atoms with Crippen LogP contribution in [0.4, 0.5) is 4.39 Å². The fourth-order valence-corrected chi connectivity index (χ4v) is 5.32. The van der Waals surface area contributed by atoms with Crippen LogP contribution in [0.5, 0.6) is 11.5 Å². The van der Waals surface area contributed by atoms with Crippen LogP contribution >= 0.6 is 23.1 Å². The van der Waals surface area contributed by atoms with E-state index < -0.39 is 0 Å². The molecule has 0 bridgehead atoms. The fraction of sp³-hybridized carbons (Fsp3) is 0.174. The minimum atomic E-state index is -0.372. The van der Waals surface area contributed by atoms with E-state index in [0.717, 1.165) is 31.9 Å². The minimum Gasteiger partial charge on any atom is -0.454 e. The lowest BCUT2D eigenvalue weighted by atomic mass is 10.1. The second-order valence-corrected chi connectivity index (χ2v) is 9.37. The van der Waals surface area contributed by atoms with Crippen LogP contribution in [0.25, 0.3) is 21.3 Å². The number of ether oxygens (including phenoxy) is 2. The van der Waals surface area contributed by atoms with Gasteiger partial charge in [-0.25, -0.2) is 14.4 Å². The van der Waals surface area contributed by atoms with Gasteiger partial charge >= 0.3 is 0 Å². The molecule has 0 spiro atoms. The normalized spacial score (nSPS) is 13.3. The van der Waals surface area contributed by atoms with E-state index in [2.05, 4.69) is 15.3 Å². The summed E-state index contributed by atoms with van der Waals surface area (Å²) in [5.41, 5.74) is 2.75. The number of halogens is 1. The molecule has 2 aromatic heterocycles. The Labute approximate surface area is 191 Å². The summed E-state index contributed by atoms with van der Waals surface area (Å²) in [6.45, 7) is 2.45. The van der Waals surface area contributed by atoms with Gasteiger partial charge < -0.3 is 14.8 Å². The molecule has 32 heavy (non-hydrogen) atoms. The fourth-order valence-electron chi connectivity index (χ4n) is 3.38. The smallest absolute Gasteiger partial charge is 0.233 e. The molecule has 0 aliphatic carbocycles. The second-order valence-electron chi connectivity index (χ2n) is 7.18. The molecule has 4 aromatic rings. The zero-order chi connectivity index (χ0) is 22.1. The summed E-state index contributed by atoms with van der Waals surface area (Å²) in [4.78, 5) is 22.4. The molecule has 6 nitrogen and oxygen atoms in total. The molecule has 0 saturated heterocycles. The van der Waals surface area contributed by atoms with Crippen molar-refractivity contribution in [1.29, 1.82) is 0 Å². The summed E-state index contributed by atoms with van der Waals surface area (Å²) in [5, 5.41) is 6.18. The molecule has 3 heterocycles. The van der Waals surface area contributed by atoms with E-state index in [9.17, 15) is 9.18 Å². The molecular weight excluding hydrogens is 449 g/mol. The highest BCUT2D eigenvalue weighted by Crippen LogP contribution is 2.39. The van der Waals surface area contributed by atoms with Crippen LogP contribution in [0.15, 0.2) is 59.2 Å². The van der Waals surface area contributed by atoms with Gasteiger partial charge in [-0.3, -0.25) is 4.79 Å². The lowest BCUT2D eigenvalue weighted by Crippen LogP contribution is -2.30. The van der Waals surface area contributed by atoms with Crippen molar-refractivity contribution in [3.63, 3.8) is 0 Å². The Balaban J connectivity index is 1.32. The van der Waals surface area contributed by atoms with Crippen molar-refractivity contribution in [3.8, 4) is 22.6 Å². The number of fused-ring (bicyclic) bond motifs is 2. The molecule has 0 fully saturated rings. The number of hydrogen-bond acceptors (Lipinski definition) is 7. The molecule has 0 saturated carbocycles. The number of carbonyl (C=O) groups is 1. The van der Waals surface area contributed by atoms with Gasteiger partial charge in [0.05, 0.1) is 10.6 Å². The Hall–Kier alpha value is -3.17. The van der Waals surface area contributed by atoms with Crippen LogP contribution in [-0.4, -0.2) is 27.9 Å². The Kier molecular flexibility index (Phi) is 5.67. The SMILES string of the molecule is CC(Sc1ncnc2scc(-c3ccc(F)cc3)c12)C(=O)NCc1ccc2c(c1)OCO2. The van der Waals surface area contributed by atoms with E-state index in [4.69, 9.17) is 9.47 Å². The first-order valence-electron chi connectivity index (χ1n) is 9.89. The lowest BCUT2D eigenvalue weighted by molar-refractivity contribution is -0.120. The third-order valence-electron chi connectivity index (χ3n) is 5.05. The Morgan fingerprint density at radius 1 is 1.19 bits per heavy atom. The molecule has 1 amide bonds. The van der Waals surface area contributed by atoms with E-state index in [1.165, 1.54) is 41.6 Å². The molecule has 0 radical (unpaired) electrons. The van der Waals surface area contributed by atoms with Crippen molar-refractivity contribution in [2.75, 3.05) is 6.79 Å². The zero-order valence-corrected chi connectivity index (χ0v) is 18.6. The molecule has 5 rings (SSSR count). The van der Waals surface area contributed by atoms with Gasteiger partial charge in [-0.1, -0.05) is 30.0 Å². The first-order valence-corrected chi connectivity index (χ1v) is 11.7. The van der Waals surface area contributed by atoms with Crippen LogP contribution in [0.1, 0.15) is 12.5 Å². The van der Waals surface area contributed by atoms with Crippen LogP contribution in [-0.2, 0) is 11.3 Å². The summed E-state index contributed by atoms with van der Waals surface area (Å²) in [6.07, 6.45) is 1.51. The van der Waals surface area contributed by atoms with Gasteiger partial charge in [0.1, 0.15) is 22.0 Å². The molecule has 1 atom stereocenters. The van der Waals surface area contributed by atoms with E-state index in [-0.39, 0.29) is 23.8 Å². The molecule has 1 N–H and O–H groups in total. The Bertz CT molecular complexity index is 1290. The van der Waals surface area contributed by atoms with Crippen molar-refractivity contribution < 1.29 is 18.7 Å². The summed E-state index contributed by atoms with van der Waals surface area (Å²) in [5.74, 6) is 1.02. The molecular formula is C23H18FN3O3S2. The maximum Gasteiger partial charge on any atom is 0.233 e. The van der Waals surface area contributed by atoms with Crippen molar-refractivity contribution in [3.05, 3.63) is 65.6 Å². The third-order valence-corrected chi connectivity index (χ3v) is 7.04. The maximum atomic E-state index is 13.4. The number of nitrogens with zero attached hydrogens (tertiary/aromatic N) is 2. The zero-order valence-electron chi connectivity index (χ0n) is 17.0. The van der Waals surface area contributed by atoms with Gasteiger partial charge in [0, 0.05) is 17.5 Å². The highest BCUT2D eigenvalue weighted by molar-refractivity contribution is 8.00. The van der Waals surface area contributed by atoms with Gasteiger partial charge in [-0.05, 0) is 42.3 Å². The van der Waals surface area contributed by atoms with Crippen LogP contribution < -0.4 is 14.8 Å². The lowest BCUT2D eigenvalue weighted by Gasteiger charge is -2.13. The van der Waals surface area contributed by atoms with Crippen molar-refractivity contribution >= 4 is 39.2 Å². The summed E-state index contributed by atoms with van der Waals surface area (Å²) >= 11 is 2.88. The van der Waals surface area contributed by atoms with Crippen molar-refractivity contribution in [2.45, 2.75) is 23.7 Å². The minimum absolute atomic E-state index is 0.0991. The second kappa shape index (κ2) is 8.76. The average Bonchev–Trinajstić information content (AvgIpc) is 3.45. The average molecular weight is 468 g/mol. The first kappa shape index (κ1) is 20.7. The van der Waals surface area contributed by atoms with Gasteiger partial charge in [0.15, 0.2) is 11.5 Å². The number of amides is 1. The number of thioether (sulfide) groups is 1. The Morgan fingerprint density at radius 3 is 2.84 bits per heavy atom. The number of carbonyl (C=O) groups excluding carboxylic acids is 1.